The molecule has 0 saturated carbocycles. The van der Waals surface area contributed by atoms with E-state index >= 15 is 0 Å². The third-order valence-electron chi connectivity index (χ3n) is 4.35. The first-order chi connectivity index (χ1) is 12.6. The number of aromatic hydroxyl groups is 1. The van der Waals surface area contributed by atoms with Gasteiger partial charge in [0.05, 0.1) is 11.4 Å². The molecule has 0 spiro atoms. The van der Waals surface area contributed by atoms with Crippen molar-refractivity contribution < 1.29 is 5.11 Å². The van der Waals surface area contributed by atoms with Gasteiger partial charge in [0.1, 0.15) is 5.56 Å². The van der Waals surface area contributed by atoms with E-state index < -0.39 is 11.2 Å². The summed E-state index contributed by atoms with van der Waals surface area (Å²) in [7, 11) is 1.39. The number of nitrogens with one attached hydrogen (secondary N) is 1. The molecule has 0 unspecified atom stereocenters. The predicted octanol–water partition coefficient (Wildman–Crippen LogP) is 2.45. The molecule has 2 N–H and O–H groups in total. The highest BCUT2D eigenvalue weighted by Gasteiger charge is 2.23. The van der Waals surface area contributed by atoms with Gasteiger partial charge in [0.15, 0.2) is 0 Å². The Kier molecular flexibility index (Phi) is 3.65. The number of para-hydroxylation sites is 1. The molecule has 6 nitrogen and oxygen atoms in total. The van der Waals surface area contributed by atoms with Crippen molar-refractivity contribution in [2.45, 2.75) is 0 Å². The molecule has 6 heteroatoms. The third-order valence-corrected chi connectivity index (χ3v) is 4.35. The topological polar surface area (TPSA) is 87.4 Å². The summed E-state index contributed by atoms with van der Waals surface area (Å²) in [5.41, 5.74) is 2.68. The highest BCUT2D eigenvalue weighted by Crippen LogP contribution is 2.38. The van der Waals surface area contributed by atoms with Crippen LogP contribution in [0.5, 0.6) is 5.88 Å². The molecule has 0 aliphatic carbocycles. The average Bonchev–Trinajstić information content (AvgIpc) is 3.03. The first-order valence-corrected chi connectivity index (χ1v) is 8.04. The molecule has 0 amide bonds. The summed E-state index contributed by atoms with van der Waals surface area (Å²) in [6, 6.07) is 17.2. The minimum Gasteiger partial charge on any atom is -0.494 e. The molecule has 26 heavy (non-hydrogen) atoms. The van der Waals surface area contributed by atoms with Crippen LogP contribution in [0.15, 0.2) is 69.2 Å². The summed E-state index contributed by atoms with van der Waals surface area (Å²) in [6.45, 7) is 0. The van der Waals surface area contributed by atoms with Crippen LogP contribution in [0.25, 0.3) is 11.6 Å². The van der Waals surface area contributed by atoms with Gasteiger partial charge in [-0.25, -0.2) is 9.79 Å². The molecule has 1 aliphatic heterocycles. The lowest BCUT2D eigenvalue weighted by Crippen LogP contribution is -2.29. The Morgan fingerprint density at radius 2 is 1.73 bits per heavy atom. The van der Waals surface area contributed by atoms with Gasteiger partial charge < -0.3 is 5.11 Å². The van der Waals surface area contributed by atoms with Crippen LogP contribution in [0.4, 0.5) is 5.69 Å². The van der Waals surface area contributed by atoms with Crippen molar-refractivity contribution in [3.8, 4) is 5.88 Å². The third kappa shape index (κ3) is 2.48. The predicted molar refractivity (Wildman–Crippen MR) is 101 cm³/mol. The normalized spacial score (nSPS) is 14.3. The fourth-order valence-electron chi connectivity index (χ4n) is 2.97. The molecule has 2 aromatic carbocycles. The second-order valence-corrected chi connectivity index (χ2v) is 5.96. The Hall–Kier alpha value is -3.67. The van der Waals surface area contributed by atoms with E-state index in [2.05, 4.69) is 9.98 Å². The Labute approximate surface area is 148 Å². The summed E-state index contributed by atoms with van der Waals surface area (Å²) in [6.07, 6.45) is 1.57. The Morgan fingerprint density at radius 1 is 1.04 bits per heavy atom. The standard InChI is InChI=1S/C20H15N3O3/c1-23-19(25)15(18(24)22-20(23)26)11-14-13-9-5-6-10-16(13)21-17(14)12-7-3-2-4-8-12/h2-11,25H,1H3,(H,22,24,26)/b14-11+. The highest BCUT2D eigenvalue weighted by atomic mass is 16.3. The maximum absolute atomic E-state index is 12.2. The number of aliphatic imine (C=N–C) groups is 1. The number of allylic oxidation sites excluding steroid dienone is 1. The molecule has 1 aromatic heterocycles. The number of fused-ring (bicyclic) bond motifs is 1. The lowest BCUT2D eigenvalue weighted by Gasteiger charge is -2.08. The summed E-state index contributed by atoms with van der Waals surface area (Å²) >= 11 is 0. The maximum atomic E-state index is 12.2. The summed E-state index contributed by atoms with van der Waals surface area (Å²) in [5, 5.41) is 10.3. The van der Waals surface area contributed by atoms with Crippen LogP contribution < -0.4 is 11.2 Å². The first-order valence-electron chi connectivity index (χ1n) is 8.04. The molecule has 128 valence electrons. The molecule has 2 heterocycles. The smallest absolute Gasteiger partial charge is 0.330 e. The van der Waals surface area contributed by atoms with E-state index in [0.717, 1.165) is 21.4 Å². The van der Waals surface area contributed by atoms with E-state index in [4.69, 9.17) is 0 Å². The summed E-state index contributed by atoms with van der Waals surface area (Å²) in [5.74, 6) is -0.386. The van der Waals surface area contributed by atoms with Gasteiger partial charge in [-0.3, -0.25) is 14.3 Å². The van der Waals surface area contributed by atoms with Crippen LogP contribution in [0, 0.1) is 0 Å². The Morgan fingerprint density at radius 3 is 2.50 bits per heavy atom. The number of benzene rings is 2. The van der Waals surface area contributed by atoms with E-state index in [-0.39, 0.29) is 11.4 Å². The lowest BCUT2D eigenvalue weighted by atomic mass is 9.96. The lowest BCUT2D eigenvalue weighted by molar-refractivity contribution is 0.416. The van der Waals surface area contributed by atoms with Crippen LogP contribution in [0.1, 0.15) is 16.7 Å². The van der Waals surface area contributed by atoms with Crippen molar-refractivity contribution in [2.24, 2.45) is 12.0 Å². The van der Waals surface area contributed by atoms with Crippen molar-refractivity contribution in [3.05, 3.63) is 92.1 Å². The molecule has 0 saturated heterocycles. The van der Waals surface area contributed by atoms with E-state index in [1.165, 1.54) is 7.05 Å². The molecule has 0 fully saturated rings. The van der Waals surface area contributed by atoms with Gasteiger partial charge in [-0.2, -0.15) is 0 Å². The Bertz CT molecular complexity index is 1180. The molecular formula is C20H15N3O3. The maximum Gasteiger partial charge on any atom is 0.330 e. The zero-order valence-corrected chi connectivity index (χ0v) is 13.9. The molecule has 4 rings (SSSR count). The van der Waals surface area contributed by atoms with Gasteiger partial charge in [-0.1, -0.05) is 48.5 Å². The van der Waals surface area contributed by atoms with Crippen LogP contribution in [-0.4, -0.2) is 20.4 Å². The zero-order valence-electron chi connectivity index (χ0n) is 13.9. The number of H-pyrrole nitrogens is 1. The van der Waals surface area contributed by atoms with Gasteiger partial charge in [0, 0.05) is 23.7 Å². The van der Waals surface area contributed by atoms with Gasteiger partial charge in [0.2, 0.25) is 5.88 Å². The second-order valence-electron chi connectivity index (χ2n) is 5.96. The molecule has 0 atom stereocenters. The molecular weight excluding hydrogens is 330 g/mol. The molecule has 3 aromatic rings. The first kappa shape index (κ1) is 15.8. The number of aromatic amines is 1. The second kappa shape index (κ2) is 6.00. The highest BCUT2D eigenvalue weighted by molar-refractivity contribution is 6.39. The number of hydrogen-bond acceptors (Lipinski definition) is 4. The Balaban J connectivity index is 1.98. The minimum atomic E-state index is -0.668. The van der Waals surface area contributed by atoms with Crippen LogP contribution in [0.3, 0.4) is 0 Å². The van der Waals surface area contributed by atoms with E-state index in [9.17, 15) is 14.7 Å². The fraction of sp³-hybridized carbons (Fsp3) is 0.0500. The summed E-state index contributed by atoms with van der Waals surface area (Å²) < 4.78 is 0.994. The zero-order chi connectivity index (χ0) is 18.3. The molecule has 1 aliphatic rings. The minimum absolute atomic E-state index is 0.0161. The fourth-order valence-corrected chi connectivity index (χ4v) is 2.97. The van der Waals surface area contributed by atoms with Crippen LogP contribution >= 0.6 is 0 Å². The number of aromatic nitrogens is 2. The molecule has 0 radical (unpaired) electrons. The quantitative estimate of drug-likeness (QED) is 0.748. The van der Waals surface area contributed by atoms with Crippen molar-refractivity contribution in [1.82, 2.24) is 9.55 Å². The van der Waals surface area contributed by atoms with Gasteiger partial charge in [-0.15, -0.1) is 0 Å². The number of rotatable bonds is 2. The molecule has 0 bridgehead atoms. The van der Waals surface area contributed by atoms with Gasteiger partial charge >= 0.3 is 5.69 Å². The van der Waals surface area contributed by atoms with Gasteiger partial charge in [-0.05, 0) is 12.1 Å². The number of nitrogens with zero attached hydrogens (tertiary/aromatic N) is 2. The van der Waals surface area contributed by atoms with E-state index in [1.807, 2.05) is 54.6 Å². The van der Waals surface area contributed by atoms with E-state index in [1.54, 1.807) is 6.08 Å². The van der Waals surface area contributed by atoms with Gasteiger partial charge in [0.25, 0.3) is 5.56 Å². The van der Waals surface area contributed by atoms with Crippen molar-refractivity contribution in [2.75, 3.05) is 0 Å². The van der Waals surface area contributed by atoms with Crippen molar-refractivity contribution in [3.63, 3.8) is 0 Å². The SMILES string of the molecule is Cn1c(O)c(/C=C2/C(c3ccccc3)=Nc3ccccc32)c(=O)[nH]c1=O. The van der Waals surface area contributed by atoms with Crippen molar-refractivity contribution >= 4 is 23.0 Å². The van der Waals surface area contributed by atoms with Crippen molar-refractivity contribution in [1.29, 1.82) is 0 Å². The monoisotopic (exact) mass is 345 g/mol. The van der Waals surface area contributed by atoms with E-state index in [0.29, 0.717) is 11.3 Å². The van der Waals surface area contributed by atoms with Crippen LogP contribution in [-0.2, 0) is 7.05 Å². The average molecular weight is 345 g/mol. The largest absolute Gasteiger partial charge is 0.494 e. The van der Waals surface area contributed by atoms with Crippen LogP contribution in [0.2, 0.25) is 0 Å². The number of hydrogen-bond donors (Lipinski definition) is 2. The summed E-state index contributed by atoms with van der Waals surface area (Å²) in [4.78, 5) is 30.8.